The maximum Gasteiger partial charge on any atom is 0.159 e. The van der Waals surface area contributed by atoms with E-state index in [1.54, 1.807) is 0 Å². The first kappa shape index (κ1) is 12.9. The maximum absolute atomic E-state index is 11.2. The van der Waals surface area contributed by atoms with Gasteiger partial charge in [0.2, 0.25) is 0 Å². The van der Waals surface area contributed by atoms with E-state index in [1.807, 2.05) is 30.3 Å². The summed E-state index contributed by atoms with van der Waals surface area (Å²) in [5.74, 6) is 0.100. The van der Waals surface area contributed by atoms with Crippen molar-refractivity contribution in [2.45, 2.75) is 16.8 Å². The van der Waals surface area contributed by atoms with Crippen LogP contribution in [0.4, 0.5) is 0 Å². The van der Waals surface area contributed by atoms with Gasteiger partial charge in [-0.05, 0) is 5.56 Å². The molecule has 0 aliphatic rings. The minimum atomic E-state index is -0.259. The third kappa shape index (κ3) is 5.44. The van der Waals surface area contributed by atoms with Gasteiger partial charge in [0.25, 0.3) is 0 Å². The normalized spacial score (nSPS) is 10.6. The molecular formula is C11H12Br2O2. The molecule has 15 heavy (non-hydrogen) atoms. The van der Waals surface area contributed by atoms with Crippen molar-refractivity contribution in [3.05, 3.63) is 35.9 Å². The van der Waals surface area contributed by atoms with Crippen LogP contribution < -0.4 is 0 Å². The smallest absolute Gasteiger partial charge is 0.159 e. The fourth-order valence-electron chi connectivity index (χ4n) is 1.05. The first-order chi connectivity index (χ1) is 7.20. The second-order valence-electron chi connectivity index (χ2n) is 3.06. The highest BCUT2D eigenvalue weighted by Crippen LogP contribution is 2.11. The van der Waals surface area contributed by atoms with E-state index in [-0.39, 0.29) is 9.52 Å². The molecule has 0 N–H and O–H groups in total. The van der Waals surface area contributed by atoms with Crippen molar-refractivity contribution in [1.29, 1.82) is 0 Å². The molecule has 0 aromatic heterocycles. The molecule has 0 unspecified atom stereocenters. The molecule has 0 atom stereocenters. The number of halogens is 2. The molecule has 1 rings (SSSR count). The molecular weight excluding hydrogens is 324 g/mol. The topological polar surface area (TPSA) is 26.3 Å². The van der Waals surface area contributed by atoms with E-state index >= 15 is 0 Å². The summed E-state index contributed by atoms with van der Waals surface area (Å²) >= 11 is 6.30. The molecule has 0 bridgehead atoms. The van der Waals surface area contributed by atoms with Crippen molar-refractivity contribution in [1.82, 2.24) is 0 Å². The molecule has 1 aromatic carbocycles. The zero-order chi connectivity index (χ0) is 11.1. The molecule has 0 aliphatic heterocycles. The number of carbonyl (C=O) groups excluding carboxylic acids is 1. The van der Waals surface area contributed by atoms with E-state index in [0.717, 1.165) is 5.56 Å². The van der Waals surface area contributed by atoms with Gasteiger partial charge in [-0.3, -0.25) is 4.79 Å². The summed E-state index contributed by atoms with van der Waals surface area (Å²) in [5.41, 5.74) is 1.12. The number of alkyl halides is 2. The Kier molecular flexibility index (Phi) is 6.13. The second-order valence-corrected chi connectivity index (χ2v) is 6.12. The van der Waals surface area contributed by atoms with Gasteiger partial charge in [-0.2, -0.15) is 0 Å². The van der Waals surface area contributed by atoms with Crippen LogP contribution in [0.1, 0.15) is 12.0 Å². The standard InChI is InChI=1S/C11H12Br2O2/c12-11(13)10(14)6-7-15-8-9-4-2-1-3-5-9/h1-5,11H,6-8H2. The van der Waals surface area contributed by atoms with E-state index < -0.39 is 0 Å². The number of Topliss-reactive ketones (excluding diaryl/α,β-unsaturated/α-hetero) is 1. The summed E-state index contributed by atoms with van der Waals surface area (Å²) < 4.78 is 5.12. The third-order valence-corrected chi connectivity index (χ3v) is 2.87. The van der Waals surface area contributed by atoms with Crippen molar-refractivity contribution in [2.75, 3.05) is 6.61 Å². The van der Waals surface area contributed by atoms with Crippen LogP contribution in [0, 0.1) is 0 Å². The summed E-state index contributed by atoms with van der Waals surface area (Å²) in [4.78, 5) is 11.2. The van der Waals surface area contributed by atoms with Gasteiger partial charge in [0.05, 0.1) is 13.2 Å². The summed E-state index contributed by atoms with van der Waals surface area (Å²) in [7, 11) is 0. The van der Waals surface area contributed by atoms with Crippen molar-refractivity contribution in [2.24, 2.45) is 0 Å². The first-order valence-corrected chi connectivity index (χ1v) is 6.46. The van der Waals surface area contributed by atoms with Crippen LogP contribution in [0.2, 0.25) is 0 Å². The fraction of sp³-hybridized carbons (Fsp3) is 0.364. The van der Waals surface area contributed by atoms with Gasteiger partial charge in [0.15, 0.2) is 5.78 Å². The van der Waals surface area contributed by atoms with E-state index in [9.17, 15) is 4.79 Å². The lowest BCUT2D eigenvalue weighted by molar-refractivity contribution is -0.118. The quantitative estimate of drug-likeness (QED) is 0.589. The van der Waals surface area contributed by atoms with Crippen LogP contribution >= 0.6 is 31.9 Å². The second kappa shape index (κ2) is 7.14. The van der Waals surface area contributed by atoms with E-state index in [4.69, 9.17) is 4.74 Å². The molecule has 0 fully saturated rings. The van der Waals surface area contributed by atoms with Crippen LogP contribution in [0.5, 0.6) is 0 Å². The molecule has 0 heterocycles. The van der Waals surface area contributed by atoms with Gasteiger partial charge in [-0.15, -0.1) is 0 Å². The van der Waals surface area contributed by atoms with Gasteiger partial charge < -0.3 is 4.74 Å². The molecule has 0 radical (unpaired) electrons. The molecule has 0 saturated heterocycles. The number of ether oxygens (including phenoxy) is 1. The molecule has 0 aliphatic carbocycles. The lowest BCUT2D eigenvalue weighted by atomic mass is 10.2. The largest absolute Gasteiger partial charge is 0.376 e. The zero-order valence-corrected chi connectivity index (χ0v) is 11.3. The van der Waals surface area contributed by atoms with E-state index in [1.165, 1.54) is 0 Å². The SMILES string of the molecule is O=C(CCOCc1ccccc1)C(Br)Br. The zero-order valence-electron chi connectivity index (χ0n) is 8.16. The Balaban J connectivity index is 2.15. The van der Waals surface area contributed by atoms with Gasteiger partial charge in [-0.1, -0.05) is 62.2 Å². The van der Waals surface area contributed by atoms with E-state index in [2.05, 4.69) is 31.9 Å². The number of hydrogen-bond acceptors (Lipinski definition) is 2. The number of benzene rings is 1. The Bertz CT molecular complexity index is 299. The number of rotatable bonds is 6. The molecule has 4 heteroatoms. The summed E-state index contributed by atoms with van der Waals surface area (Å²) in [6.07, 6.45) is 0.425. The van der Waals surface area contributed by atoms with Gasteiger partial charge in [0, 0.05) is 6.42 Å². The highest BCUT2D eigenvalue weighted by molar-refractivity contribution is 9.25. The predicted octanol–water partition coefficient (Wildman–Crippen LogP) is 3.28. The van der Waals surface area contributed by atoms with Crippen LogP contribution in [0.15, 0.2) is 30.3 Å². The molecule has 0 spiro atoms. The maximum atomic E-state index is 11.2. The number of ketones is 1. The predicted molar refractivity (Wildman–Crippen MR) is 67.4 cm³/mol. The van der Waals surface area contributed by atoms with Crippen LogP contribution in [-0.2, 0) is 16.1 Å². The van der Waals surface area contributed by atoms with Crippen molar-refractivity contribution in [3.63, 3.8) is 0 Å². The molecule has 0 amide bonds. The van der Waals surface area contributed by atoms with Crippen LogP contribution in [0.3, 0.4) is 0 Å². The van der Waals surface area contributed by atoms with Gasteiger partial charge in [-0.25, -0.2) is 0 Å². The van der Waals surface area contributed by atoms with Crippen molar-refractivity contribution < 1.29 is 9.53 Å². The lowest BCUT2D eigenvalue weighted by Crippen LogP contribution is -2.10. The fourth-order valence-corrected chi connectivity index (χ4v) is 1.50. The Labute approximate surface area is 106 Å². The minimum Gasteiger partial charge on any atom is -0.376 e. The highest BCUT2D eigenvalue weighted by Gasteiger charge is 2.09. The summed E-state index contributed by atoms with van der Waals surface area (Å²) in [6, 6.07) is 9.90. The average Bonchev–Trinajstić information content (AvgIpc) is 2.25. The van der Waals surface area contributed by atoms with E-state index in [0.29, 0.717) is 19.6 Å². The molecule has 82 valence electrons. The van der Waals surface area contributed by atoms with Crippen LogP contribution in [0.25, 0.3) is 0 Å². The Morgan fingerprint density at radius 1 is 1.27 bits per heavy atom. The Morgan fingerprint density at radius 3 is 2.53 bits per heavy atom. The van der Waals surface area contributed by atoms with Gasteiger partial charge >= 0.3 is 0 Å². The van der Waals surface area contributed by atoms with Gasteiger partial charge in [0.1, 0.15) is 3.74 Å². The Morgan fingerprint density at radius 2 is 1.93 bits per heavy atom. The molecule has 1 aromatic rings. The lowest BCUT2D eigenvalue weighted by Gasteiger charge is -2.04. The monoisotopic (exact) mass is 334 g/mol. The number of hydrogen-bond donors (Lipinski definition) is 0. The highest BCUT2D eigenvalue weighted by atomic mass is 79.9. The minimum absolute atomic E-state index is 0.100. The Hall–Kier alpha value is -0.190. The first-order valence-electron chi connectivity index (χ1n) is 4.62. The average molecular weight is 336 g/mol. The van der Waals surface area contributed by atoms with Crippen molar-refractivity contribution >= 4 is 37.6 Å². The summed E-state index contributed by atoms with van der Waals surface area (Å²) in [5, 5.41) is 0. The summed E-state index contributed by atoms with van der Waals surface area (Å²) in [6.45, 7) is 1.02. The molecule has 0 saturated carbocycles. The third-order valence-electron chi connectivity index (χ3n) is 1.85. The number of carbonyl (C=O) groups is 1. The van der Waals surface area contributed by atoms with Crippen molar-refractivity contribution in [3.8, 4) is 0 Å². The van der Waals surface area contributed by atoms with Crippen LogP contribution in [-0.4, -0.2) is 16.1 Å². The molecule has 2 nitrogen and oxygen atoms in total.